The van der Waals surface area contributed by atoms with Gasteiger partial charge in [0.1, 0.15) is 11.6 Å². The number of benzene rings is 1. The molecule has 0 spiro atoms. The molecule has 2 rings (SSSR count). The highest BCUT2D eigenvalue weighted by Crippen LogP contribution is 2.34. The van der Waals surface area contributed by atoms with Gasteiger partial charge in [-0.2, -0.15) is 13.2 Å². The van der Waals surface area contributed by atoms with Crippen LogP contribution in [0.1, 0.15) is 31.3 Å². The van der Waals surface area contributed by atoms with E-state index in [4.69, 9.17) is 11.6 Å². The molecule has 1 aromatic heterocycles. The number of hydrogen-bond donors (Lipinski definition) is 0. The van der Waals surface area contributed by atoms with Crippen LogP contribution in [0.2, 0.25) is 0 Å². The molecule has 3 nitrogen and oxygen atoms in total. The van der Waals surface area contributed by atoms with Crippen molar-refractivity contribution in [3.63, 3.8) is 0 Å². The molecule has 0 aliphatic rings. The molecule has 0 atom stereocenters. The summed E-state index contributed by atoms with van der Waals surface area (Å²) in [6.07, 6.45) is -4.56. The van der Waals surface area contributed by atoms with Gasteiger partial charge in [0.05, 0.1) is 17.0 Å². The van der Waals surface area contributed by atoms with Crippen molar-refractivity contribution in [2.45, 2.75) is 31.9 Å². The molecule has 0 saturated carbocycles. The van der Waals surface area contributed by atoms with Crippen LogP contribution in [0.3, 0.4) is 0 Å². The quantitative estimate of drug-likeness (QED) is 0.619. The van der Waals surface area contributed by atoms with Crippen molar-refractivity contribution in [3.8, 4) is 11.4 Å². The van der Waals surface area contributed by atoms with Crippen LogP contribution in [0.5, 0.6) is 0 Å². The summed E-state index contributed by atoms with van der Waals surface area (Å²) >= 11 is 5.72. The molecule has 0 amide bonds. The Morgan fingerprint density at radius 2 is 1.90 bits per heavy atom. The highest BCUT2D eigenvalue weighted by atomic mass is 35.5. The van der Waals surface area contributed by atoms with Crippen molar-refractivity contribution in [1.82, 2.24) is 14.8 Å². The number of rotatable bonds is 3. The molecule has 8 heteroatoms. The van der Waals surface area contributed by atoms with Crippen LogP contribution in [0.25, 0.3) is 11.4 Å². The van der Waals surface area contributed by atoms with Crippen molar-refractivity contribution in [2.24, 2.45) is 0 Å². The van der Waals surface area contributed by atoms with Gasteiger partial charge >= 0.3 is 6.18 Å². The Balaban J connectivity index is 2.64. The van der Waals surface area contributed by atoms with Crippen LogP contribution in [-0.2, 0) is 12.1 Å². The molecule has 21 heavy (non-hydrogen) atoms. The summed E-state index contributed by atoms with van der Waals surface area (Å²) in [5.74, 6) is -0.354. The summed E-state index contributed by atoms with van der Waals surface area (Å²) < 4.78 is 53.7. The predicted molar refractivity (Wildman–Crippen MR) is 70.4 cm³/mol. The van der Waals surface area contributed by atoms with Gasteiger partial charge in [-0.1, -0.05) is 0 Å². The molecule has 0 unspecified atom stereocenters. The standard InChI is InChI=1S/C13H12ClF4N3/c1-7(2)21-11(6-14)19-20-12(21)9-5-8(13(16,17)18)3-4-10(9)15/h3-5,7H,6H2,1-2H3. The molecule has 0 fully saturated rings. The minimum atomic E-state index is -4.56. The maximum absolute atomic E-state index is 13.9. The van der Waals surface area contributed by atoms with Crippen LogP contribution in [0, 0.1) is 5.82 Å². The fourth-order valence-corrected chi connectivity index (χ4v) is 2.20. The van der Waals surface area contributed by atoms with Crippen molar-refractivity contribution in [3.05, 3.63) is 35.4 Å². The van der Waals surface area contributed by atoms with Gasteiger partial charge in [-0.3, -0.25) is 0 Å². The van der Waals surface area contributed by atoms with Gasteiger partial charge in [0.15, 0.2) is 5.82 Å². The normalized spacial score (nSPS) is 12.2. The first-order valence-corrected chi connectivity index (χ1v) is 6.66. The molecule has 0 bridgehead atoms. The van der Waals surface area contributed by atoms with E-state index < -0.39 is 17.6 Å². The summed E-state index contributed by atoms with van der Waals surface area (Å²) in [5.41, 5.74) is -1.19. The Hall–Kier alpha value is -1.63. The van der Waals surface area contributed by atoms with Crippen molar-refractivity contribution in [1.29, 1.82) is 0 Å². The minimum Gasteiger partial charge on any atom is -0.307 e. The summed E-state index contributed by atoms with van der Waals surface area (Å²) in [6, 6.07) is 2.03. The average molecular weight is 322 g/mol. The lowest BCUT2D eigenvalue weighted by molar-refractivity contribution is -0.137. The molecule has 0 saturated heterocycles. The molecule has 0 N–H and O–H groups in total. The van der Waals surface area contributed by atoms with Crippen LogP contribution >= 0.6 is 11.6 Å². The third kappa shape index (κ3) is 3.02. The van der Waals surface area contributed by atoms with Crippen molar-refractivity contribution in [2.75, 3.05) is 0 Å². The second kappa shape index (κ2) is 5.63. The molecule has 1 aromatic carbocycles. The van der Waals surface area contributed by atoms with E-state index in [1.807, 2.05) is 0 Å². The van der Waals surface area contributed by atoms with Gasteiger partial charge in [-0.05, 0) is 32.0 Å². The third-order valence-electron chi connectivity index (χ3n) is 2.94. The van der Waals surface area contributed by atoms with Gasteiger partial charge in [0.2, 0.25) is 0 Å². The monoisotopic (exact) mass is 321 g/mol. The topological polar surface area (TPSA) is 30.7 Å². The first-order chi connectivity index (χ1) is 9.75. The molecule has 0 radical (unpaired) electrons. The highest BCUT2D eigenvalue weighted by Gasteiger charge is 2.32. The zero-order chi connectivity index (χ0) is 15.8. The first-order valence-electron chi connectivity index (χ1n) is 6.12. The second-order valence-corrected chi connectivity index (χ2v) is 5.00. The van der Waals surface area contributed by atoms with Gasteiger partial charge in [0, 0.05) is 6.04 Å². The van der Waals surface area contributed by atoms with Crippen LogP contribution in [-0.4, -0.2) is 14.8 Å². The predicted octanol–water partition coefficient (Wildman–Crippen LogP) is 4.42. The van der Waals surface area contributed by atoms with E-state index in [9.17, 15) is 17.6 Å². The van der Waals surface area contributed by atoms with Crippen LogP contribution in [0.15, 0.2) is 18.2 Å². The number of hydrogen-bond acceptors (Lipinski definition) is 2. The van der Waals surface area contributed by atoms with Gasteiger partial charge in [-0.15, -0.1) is 21.8 Å². The fourth-order valence-electron chi connectivity index (χ4n) is 2.01. The molecule has 0 aliphatic heterocycles. The van der Waals surface area contributed by atoms with E-state index in [1.54, 1.807) is 13.8 Å². The zero-order valence-corrected chi connectivity index (χ0v) is 12.0. The Morgan fingerprint density at radius 1 is 1.24 bits per heavy atom. The smallest absolute Gasteiger partial charge is 0.307 e. The van der Waals surface area contributed by atoms with Gasteiger partial charge in [0.25, 0.3) is 0 Å². The molecular weight excluding hydrogens is 310 g/mol. The summed E-state index contributed by atoms with van der Waals surface area (Å²) in [7, 11) is 0. The second-order valence-electron chi connectivity index (χ2n) is 4.73. The number of nitrogens with zero attached hydrogens (tertiary/aromatic N) is 3. The lowest BCUT2D eigenvalue weighted by Gasteiger charge is -2.14. The van der Waals surface area contributed by atoms with E-state index in [0.29, 0.717) is 11.9 Å². The van der Waals surface area contributed by atoms with Gasteiger partial charge < -0.3 is 4.57 Å². The molecule has 114 valence electrons. The Bertz CT molecular complexity index is 649. The summed E-state index contributed by atoms with van der Waals surface area (Å²) in [4.78, 5) is 0. The lowest BCUT2D eigenvalue weighted by Crippen LogP contribution is -2.09. The van der Waals surface area contributed by atoms with Crippen LogP contribution < -0.4 is 0 Å². The fraction of sp³-hybridized carbons (Fsp3) is 0.385. The van der Waals surface area contributed by atoms with Gasteiger partial charge in [-0.25, -0.2) is 4.39 Å². The molecular formula is C13H12ClF4N3. The van der Waals surface area contributed by atoms with Crippen molar-refractivity contribution >= 4 is 11.6 Å². The molecule has 1 heterocycles. The number of alkyl halides is 4. The van der Waals surface area contributed by atoms with E-state index in [1.165, 1.54) is 4.57 Å². The number of halogens is 5. The lowest BCUT2D eigenvalue weighted by atomic mass is 10.1. The first kappa shape index (κ1) is 15.8. The largest absolute Gasteiger partial charge is 0.416 e. The maximum Gasteiger partial charge on any atom is 0.416 e. The van der Waals surface area contributed by atoms with Crippen molar-refractivity contribution < 1.29 is 17.6 Å². The Morgan fingerprint density at radius 3 is 2.43 bits per heavy atom. The Labute approximate surface area is 123 Å². The summed E-state index contributed by atoms with van der Waals surface area (Å²) in [5, 5.41) is 7.58. The third-order valence-corrected chi connectivity index (χ3v) is 3.18. The van der Waals surface area contributed by atoms with E-state index >= 15 is 0 Å². The summed E-state index contributed by atoms with van der Waals surface area (Å²) in [6.45, 7) is 3.57. The average Bonchev–Trinajstić information content (AvgIpc) is 2.81. The Kier molecular flexibility index (Phi) is 4.22. The van der Waals surface area contributed by atoms with E-state index in [0.717, 1.165) is 12.1 Å². The SMILES string of the molecule is CC(C)n1c(CCl)nnc1-c1cc(C(F)(F)F)ccc1F. The molecule has 2 aromatic rings. The highest BCUT2D eigenvalue weighted by molar-refractivity contribution is 6.16. The van der Waals surface area contributed by atoms with E-state index in [2.05, 4.69) is 10.2 Å². The maximum atomic E-state index is 13.9. The molecule has 0 aliphatic carbocycles. The minimum absolute atomic E-state index is 0.0317. The van der Waals surface area contributed by atoms with E-state index in [-0.39, 0.29) is 23.3 Å². The zero-order valence-electron chi connectivity index (χ0n) is 11.2. The number of aromatic nitrogens is 3. The van der Waals surface area contributed by atoms with Crippen LogP contribution in [0.4, 0.5) is 17.6 Å².